The van der Waals surface area contributed by atoms with Gasteiger partial charge in [0.15, 0.2) is 0 Å². The number of nitrogen functional groups attached to an aromatic ring is 1. The lowest BCUT2D eigenvalue weighted by Gasteiger charge is -2.39. The van der Waals surface area contributed by atoms with Crippen LogP contribution in [0.3, 0.4) is 0 Å². The molecule has 3 unspecified atom stereocenters. The van der Waals surface area contributed by atoms with Gasteiger partial charge in [-0.05, 0) is 49.3 Å². The summed E-state index contributed by atoms with van der Waals surface area (Å²) in [6.07, 6.45) is 2.33. The van der Waals surface area contributed by atoms with E-state index in [1.165, 1.54) is 25.1 Å². The van der Waals surface area contributed by atoms with Crippen LogP contribution in [0.2, 0.25) is 0 Å². The highest BCUT2D eigenvalue weighted by Gasteiger charge is 2.25. The molecular weight excluding hydrogens is 236 g/mol. The fraction of sp³-hybridized carbons (Fsp3) is 0.625. The number of nitrogens with two attached hydrogens (primary N) is 1. The Hall–Kier alpha value is -1.22. The number of rotatable bonds is 3. The van der Waals surface area contributed by atoms with Gasteiger partial charge in [-0.15, -0.1) is 0 Å². The van der Waals surface area contributed by atoms with Crippen molar-refractivity contribution in [1.29, 1.82) is 0 Å². The second kappa shape index (κ2) is 5.83. The van der Waals surface area contributed by atoms with Crippen molar-refractivity contribution >= 4 is 5.69 Å². The Morgan fingerprint density at radius 3 is 2.53 bits per heavy atom. The number of hydrogen-bond acceptors (Lipinski definition) is 3. The van der Waals surface area contributed by atoms with Crippen molar-refractivity contribution in [3.63, 3.8) is 0 Å². The third-order valence-corrected chi connectivity index (χ3v) is 4.14. The lowest BCUT2D eigenvalue weighted by atomic mass is 9.90. The van der Waals surface area contributed by atoms with E-state index in [1.807, 2.05) is 12.1 Å². The predicted molar refractivity (Wildman–Crippen MR) is 80.2 cm³/mol. The zero-order chi connectivity index (χ0) is 14.0. The first-order valence-electron chi connectivity index (χ1n) is 7.27. The van der Waals surface area contributed by atoms with E-state index in [1.54, 1.807) is 6.07 Å². The highest BCUT2D eigenvalue weighted by atomic mass is 16.3. The summed E-state index contributed by atoms with van der Waals surface area (Å²) in [5, 5.41) is 9.46. The maximum atomic E-state index is 9.46. The Kier molecular flexibility index (Phi) is 4.35. The van der Waals surface area contributed by atoms with E-state index in [2.05, 4.69) is 25.7 Å². The van der Waals surface area contributed by atoms with Crippen LogP contribution in [0.4, 0.5) is 5.69 Å². The molecule has 1 aliphatic heterocycles. The number of phenols is 1. The summed E-state index contributed by atoms with van der Waals surface area (Å²) in [7, 11) is 0. The average molecular weight is 262 g/mol. The molecule has 3 N–H and O–H groups in total. The first-order valence-corrected chi connectivity index (χ1v) is 7.27. The Morgan fingerprint density at radius 2 is 1.95 bits per heavy atom. The zero-order valence-electron chi connectivity index (χ0n) is 12.3. The molecule has 1 saturated heterocycles. The summed E-state index contributed by atoms with van der Waals surface area (Å²) in [5.74, 6) is 1.75. The Labute approximate surface area is 116 Å². The van der Waals surface area contributed by atoms with E-state index >= 15 is 0 Å². The number of aromatic hydroxyl groups is 1. The lowest BCUT2D eigenvalue weighted by molar-refractivity contribution is 0.103. The molecule has 1 aliphatic rings. The minimum Gasteiger partial charge on any atom is -0.506 e. The number of anilines is 1. The van der Waals surface area contributed by atoms with E-state index in [0.717, 1.165) is 18.3 Å². The quantitative estimate of drug-likeness (QED) is 0.650. The molecule has 19 heavy (non-hydrogen) atoms. The molecule has 1 aromatic rings. The van der Waals surface area contributed by atoms with Crippen LogP contribution in [0.15, 0.2) is 18.2 Å². The summed E-state index contributed by atoms with van der Waals surface area (Å²) in [6.45, 7) is 9.35. The lowest BCUT2D eigenvalue weighted by Crippen LogP contribution is -2.44. The average Bonchev–Trinajstić information content (AvgIpc) is 2.32. The molecule has 0 saturated carbocycles. The van der Waals surface area contributed by atoms with Gasteiger partial charge in [-0.3, -0.25) is 4.90 Å². The summed E-state index contributed by atoms with van der Waals surface area (Å²) >= 11 is 0. The number of likely N-dealkylation sites (tertiary alicyclic amines) is 1. The predicted octanol–water partition coefficient (Wildman–Crippen LogP) is 2.88. The van der Waals surface area contributed by atoms with Crippen LogP contribution in [-0.4, -0.2) is 29.1 Å². The van der Waals surface area contributed by atoms with Crippen LogP contribution in [-0.2, 0) is 6.42 Å². The van der Waals surface area contributed by atoms with Gasteiger partial charge in [0.1, 0.15) is 5.75 Å². The van der Waals surface area contributed by atoms with Gasteiger partial charge >= 0.3 is 0 Å². The minimum atomic E-state index is 0.177. The number of benzene rings is 1. The molecule has 0 amide bonds. The summed E-state index contributed by atoms with van der Waals surface area (Å²) in [6, 6.07) is 6.08. The zero-order valence-corrected chi connectivity index (χ0v) is 12.3. The van der Waals surface area contributed by atoms with Crippen molar-refractivity contribution in [3.05, 3.63) is 23.8 Å². The van der Waals surface area contributed by atoms with Crippen molar-refractivity contribution in [2.45, 2.75) is 39.7 Å². The van der Waals surface area contributed by atoms with Gasteiger partial charge in [-0.25, -0.2) is 0 Å². The largest absolute Gasteiger partial charge is 0.506 e. The second-order valence-electron chi connectivity index (χ2n) is 6.35. The van der Waals surface area contributed by atoms with E-state index in [9.17, 15) is 5.11 Å². The van der Waals surface area contributed by atoms with E-state index in [4.69, 9.17) is 5.73 Å². The molecule has 3 atom stereocenters. The van der Waals surface area contributed by atoms with Gasteiger partial charge in [0.05, 0.1) is 5.69 Å². The number of hydrogen-bond donors (Lipinski definition) is 2. The van der Waals surface area contributed by atoms with Crippen molar-refractivity contribution in [1.82, 2.24) is 4.90 Å². The van der Waals surface area contributed by atoms with Crippen LogP contribution < -0.4 is 5.73 Å². The normalized spacial score (nSPS) is 26.3. The van der Waals surface area contributed by atoms with Gasteiger partial charge in [0.25, 0.3) is 0 Å². The maximum absolute atomic E-state index is 9.46. The van der Waals surface area contributed by atoms with Crippen LogP contribution >= 0.6 is 0 Å². The summed E-state index contributed by atoms with van der Waals surface area (Å²) < 4.78 is 0. The van der Waals surface area contributed by atoms with E-state index < -0.39 is 0 Å². The van der Waals surface area contributed by atoms with Crippen LogP contribution in [0.25, 0.3) is 0 Å². The van der Waals surface area contributed by atoms with Crippen molar-refractivity contribution < 1.29 is 5.11 Å². The van der Waals surface area contributed by atoms with Gasteiger partial charge in [0, 0.05) is 19.1 Å². The third kappa shape index (κ3) is 3.63. The highest BCUT2D eigenvalue weighted by molar-refractivity contribution is 5.53. The molecule has 0 radical (unpaired) electrons. The Bertz CT molecular complexity index is 423. The van der Waals surface area contributed by atoms with Crippen LogP contribution in [0.1, 0.15) is 32.8 Å². The van der Waals surface area contributed by atoms with Gasteiger partial charge in [0.2, 0.25) is 0 Å². The Morgan fingerprint density at radius 1 is 1.32 bits per heavy atom. The van der Waals surface area contributed by atoms with Crippen molar-refractivity contribution in [2.24, 2.45) is 11.8 Å². The van der Waals surface area contributed by atoms with Gasteiger partial charge in [-0.1, -0.05) is 19.9 Å². The van der Waals surface area contributed by atoms with Gasteiger partial charge < -0.3 is 10.8 Å². The van der Waals surface area contributed by atoms with Gasteiger partial charge in [-0.2, -0.15) is 0 Å². The van der Waals surface area contributed by atoms with Crippen LogP contribution in [0, 0.1) is 11.8 Å². The van der Waals surface area contributed by atoms with Crippen molar-refractivity contribution in [3.8, 4) is 5.75 Å². The fourth-order valence-corrected chi connectivity index (χ4v) is 3.27. The van der Waals surface area contributed by atoms with E-state index in [0.29, 0.717) is 11.7 Å². The molecule has 2 rings (SSSR count). The standard InChI is InChI=1S/C16H26N2O/c1-11-6-12(2)10-18(9-11)13(3)7-14-4-5-16(19)15(17)8-14/h4-5,8,11-13,19H,6-7,9-10,17H2,1-3H3. The molecule has 0 aliphatic carbocycles. The monoisotopic (exact) mass is 262 g/mol. The molecule has 0 spiro atoms. The second-order valence-corrected chi connectivity index (χ2v) is 6.35. The summed E-state index contributed by atoms with van der Waals surface area (Å²) in [5.41, 5.74) is 7.43. The van der Waals surface area contributed by atoms with Crippen LogP contribution in [0.5, 0.6) is 5.75 Å². The SMILES string of the molecule is CC1CC(C)CN(C(C)Cc2ccc(O)c(N)c2)C1. The number of piperidine rings is 1. The first-order chi connectivity index (χ1) is 8.95. The van der Waals surface area contributed by atoms with E-state index in [-0.39, 0.29) is 5.75 Å². The first kappa shape index (κ1) is 14.2. The smallest absolute Gasteiger partial charge is 0.138 e. The molecular formula is C16H26N2O. The molecule has 0 aromatic heterocycles. The third-order valence-electron chi connectivity index (χ3n) is 4.14. The molecule has 106 valence electrons. The topological polar surface area (TPSA) is 49.5 Å². The van der Waals surface area contributed by atoms with Crippen molar-refractivity contribution in [2.75, 3.05) is 18.8 Å². The molecule has 0 bridgehead atoms. The minimum absolute atomic E-state index is 0.177. The summed E-state index contributed by atoms with van der Waals surface area (Å²) in [4.78, 5) is 2.59. The molecule has 1 fully saturated rings. The highest BCUT2D eigenvalue weighted by Crippen LogP contribution is 2.25. The molecule has 1 heterocycles. The fourth-order valence-electron chi connectivity index (χ4n) is 3.27. The maximum Gasteiger partial charge on any atom is 0.138 e. The molecule has 3 heteroatoms. The number of phenolic OH excluding ortho intramolecular Hbond substituents is 1. The molecule has 1 aromatic carbocycles. The molecule has 3 nitrogen and oxygen atoms in total. The Balaban J connectivity index is 1.99. The number of nitrogens with zero attached hydrogens (tertiary/aromatic N) is 1.